The molecule has 6 nitrogen and oxygen atoms in total. The van der Waals surface area contributed by atoms with Crippen molar-refractivity contribution in [3.8, 4) is 0 Å². The van der Waals surface area contributed by atoms with Gasteiger partial charge in [0.15, 0.2) is 0 Å². The molecule has 0 rings (SSSR count). The summed E-state index contributed by atoms with van der Waals surface area (Å²) in [5, 5.41) is 2.63. The highest BCUT2D eigenvalue weighted by molar-refractivity contribution is 5.89. The number of carbonyl (C=O) groups is 3. The minimum Gasteiger partial charge on any atom is -0.468 e. The van der Waals surface area contributed by atoms with Gasteiger partial charge in [0, 0.05) is 13.5 Å². The molecule has 19 heavy (non-hydrogen) atoms. The topological polar surface area (TPSA) is 75.7 Å². The lowest BCUT2D eigenvalue weighted by Gasteiger charge is -2.28. The van der Waals surface area contributed by atoms with Crippen molar-refractivity contribution in [2.24, 2.45) is 5.92 Å². The van der Waals surface area contributed by atoms with Crippen LogP contribution in [0.15, 0.2) is 0 Å². The average Bonchev–Trinajstić information content (AvgIpc) is 2.33. The van der Waals surface area contributed by atoms with Crippen molar-refractivity contribution < 1.29 is 19.1 Å². The van der Waals surface area contributed by atoms with Crippen molar-refractivity contribution in [1.29, 1.82) is 0 Å². The van der Waals surface area contributed by atoms with Gasteiger partial charge in [-0.05, 0) is 12.3 Å². The molecule has 0 aromatic heterocycles. The minimum atomic E-state index is -0.617. The summed E-state index contributed by atoms with van der Waals surface area (Å²) in [5.74, 6) is -1.03. The second-order valence-electron chi connectivity index (χ2n) is 4.76. The van der Waals surface area contributed by atoms with Crippen LogP contribution in [0.2, 0.25) is 0 Å². The van der Waals surface area contributed by atoms with Crippen molar-refractivity contribution in [3.63, 3.8) is 0 Å². The van der Waals surface area contributed by atoms with Gasteiger partial charge < -0.3 is 15.0 Å². The molecule has 0 aliphatic rings. The van der Waals surface area contributed by atoms with E-state index in [0.29, 0.717) is 6.54 Å². The first-order valence-corrected chi connectivity index (χ1v) is 6.46. The van der Waals surface area contributed by atoms with E-state index >= 15 is 0 Å². The number of nitrogens with one attached hydrogen (secondary N) is 1. The van der Waals surface area contributed by atoms with Gasteiger partial charge in [-0.25, -0.2) is 0 Å². The molecule has 0 aliphatic heterocycles. The van der Waals surface area contributed by atoms with E-state index in [0.717, 1.165) is 6.42 Å². The number of esters is 1. The third-order valence-corrected chi connectivity index (χ3v) is 2.64. The van der Waals surface area contributed by atoms with Gasteiger partial charge >= 0.3 is 5.97 Å². The van der Waals surface area contributed by atoms with E-state index in [1.54, 1.807) is 0 Å². The first-order chi connectivity index (χ1) is 8.83. The third kappa shape index (κ3) is 6.22. The highest BCUT2D eigenvalue weighted by Crippen LogP contribution is 2.07. The Labute approximate surface area is 114 Å². The Morgan fingerprint density at radius 1 is 1.26 bits per heavy atom. The van der Waals surface area contributed by atoms with Crippen LogP contribution in [0.25, 0.3) is 0 Å². The van der Waals surface area contributed by atoms with Crippen molar-refractivity contribution >= 4 is 17.8 Å². The van der Waals surface area contributed by atoms with E-state index in [1.165, 1.54) is 18.9 Å². The fourth-order valence-electron chi connectivity index (χ4n) is 1.69. The Hall–Kier alpha value is -1.59. The summed E-state index contributed by atoms with van der Waals surface area (Å²) in [4.78, 5) is 36.2. The third-order valence-electron chi connectivity index (χ3n) is 2.64. The summed E-state index contributed by atoms with van der Waals surface area (Å²) < 4.78 is 4.58. The van der Waals surface area contributed by atoms with E-state index < -0.39 is 12.0 Å². The van der Waals surface area contributed by atoms with Gasteiger partial charge in [0.25, 0.3) is 0 Å². The number of hydrogen-bond donors (Lipinski definition) is 1. The first-order valence-electron chi connectivity index (χ1n) is 6.46. The molecule has 1 atom stereocenters. The fourth-order valence-corrected chi connectivity index (χ4v) is 1.69. The Bertz CT molecular complexity index is 329. The maximum Gasteiger partial charge on any atom is 0.325 e. The van der Waals surface area contributed by atoms with Gasteiger partial charge in [-0.1, -0.05) is 20.8 Å². The van der Waals surface area contributed by atoms with Crippen LogP contribution in [-0.2, 0) is 19.1 Å². The largest absolute Gasteiger partial charge is 0.468 e. The van der Waals surface area contributed by atoms with E-state index in [-0.39, 0.29) is 24.3 Å². The molecular weight excluding hydrogens is 248 g/mol. The van der Waals surface area contributed by atoms with Crippen LogP contribution in [0.5, 0.6) is 0 Å². The van der Waals surface area contributed by atoms with E-state index in [1.807, 2.05) is 20.8 Å². The molecule has 0 fully saturated rings. The zero-order valence-electron chi connectivity index (χ0n) is 12.4. The number of ether oxygens (including phenoxy) is 1. The average molecular weight is 272 g/mol. The lowest BCUT2D eigenvalue weighted by molar-refractivity contribution is -0.148. The van der Waals surface area contributed by atoms with Crippen LogP contribution >= 0.6 is 0 Å². The molecule has 110 valence electrons. The SMILES string of the molecule is CCCN(CC(=O)OC)C(=O)C(NC(C)=O)C(C)C. The number of methoxy groups -OCH3 is 1. The summed E-state index contributed by atoms with van der Waals surface area (Å²) in [5.41, 5.74) is 0. The highest BCUT2D eigenvalue weighted by atomic mass is 16.5. The maximum atomic E-state index is 12.4. The van der Waals surface area contributed by atoms with Gasteiger partial charge in [-0.3, -0.25) is 14.4 Å². The zero-order chi connectivity index (χ0) is 15.0. The zero-order valence-corrected chi connectivity index (χ0v) is 12.4. The molecule has 0 saturated heterocycles. The van der Waals surface area contributed by atoms with Crippen LogP contribution < -0.4 is 5.32 Å². The van der Waals surface area contributed by atoms with E-state index in [2.05, 4.69) is 10.1 Å². The normalized spacial score (nSPS) is 11.9. The number of rotatable bonds is 7. The Morgan fingerprint density at radius 3 is 2.21 bits per heavy atom. The van der Waals surface area contributed by atoms with Gasteiger partial charge in [0.05, 0.1) is 7.11 Å². The molecule has 0 saturated carbocycles. The maximum absolute atomic E-state index is 12.4. The van der Waals surface area contributed by atoms with Gasteiger partial charge in [-0.2, -0.15) is 0 Å². The minimum absolute atomic E-state index is 0.0478. The molecule has 0 aromatic rings. The molecule has 0 aromatic carbocycles. The Morgan fingerprint density at radius 2 is 1.84 bits per heavy atom. The molecule has 0 heterocycles. The Kier molecular flexibility index (Phi) is 7.79. The molecule has 0 spiro atoms. The molecular formula is C13H24N2O4. The van der Waals surface area contributed by atoms with Gasteiger partial charge in [0.2, 0.25) is 11.8 Å². The molecule has 1 unspecified atom stereocenters. The lowest BCUT2D eigenvalue weighted by atomic mass is 10.0. The van der Waals surface area contributed by atoms with Crippen LogP contribution in [0.1, 0.15) is 34.1 Å². The van der Waals surface area contributed by atoms with Gasteiger partial charge in [-0.15, -0.1) is 0 Å². The van der Waals surface area contributed by atoms with Gasteiger partial charge in [0.1, 0.15) is 12.6 Å². The van der Waals surface area contributed by atoms with Crippen LogP contribution in [0.4, 0.5) is 0 Å². The molecule has 2 amide bonds. The highest BCUT2D eigenvalue weighted by Gasteiger charge is 2.28. The number of nitrogens with zero attached hydrogens (tertiary/aromatic N) is 1. The van der Waals surface area contributed by atoms with Crippen LogP contribution in [0.3, 0.4) is 0 Å². The molecule has 0 radical (unpaired) electrons. The quantitative estimate of drug-likeness (QED) is 0.687. The molecule has 0 bridgehead atoms. The Balaban J connectivity index is 4.90. The molecule has 0 aliphatic carbocycles. The van der Waals surface area contributed by atoms with Crippen molar-refractivity contribution in [2.45, 2.75) is 40.2 Å². The predicted octanol–water partition coefficient (Wildman–Crippen LogP) is 0.559. The summed E-state index contributed by atoms with van der Waals surface area (Å²) in [7, 11) is 1.28. The molecule has 1 N–H and O–H groups in total. The number of carbonyl (C=O) groups excluding carboxylic acids is 3. The lowest BCUT2D eigenvalue weighted by Crippen LogP contribution is -2.52. The van der Waals surface area contributed by atoms with Crippen LogP contribution in [-0.4, -0.2) is 48.9 Å². The van der Waals surface area contributed by atoms with E-state index in [4.69, 9.17) is 0 Å². The fraction of sp³-hybridized carbons (Fsp3) is 0.769. The summed E-state index contributed by atoms with van der Waals surface area (Å²) >= 11 is 0. The second kappa shape index (κ2) is 8.50. The second-order valence-corrected chi connectivity index (χ2v) is 4.76. The van der Waals surface area contributed by atoms with Crippen molar-refractivity contribution in [2.75, 3.05) is 20.2 Å². The van der Waals surface area contributed by atoms with E-state index in [9.17, 15) is 14.4 Å². The van der Waals surface area contributed by atoms with Crippen LogP contribution in [0, 0.1) is 5.92 Å². The first kappa shape index (κ1) is 17.4. The predicted molar refractivity (Wildman–Crippen MR) is 71.3 cm³/mol. The smallest absolute Gasteiger partial charge is 0.325 e. The van der Waals surface area contributed by atoms with Crippen molar-refractivity contribution in [3.05, 3.63) is 0 Å². The molecule has 6 heteroatoms. The summed E-state index contributed by atoms with van der Waals surface area (Å²) in [6.07, 6.45) is 0.730. The standard InChI is InChI=1S/C13H24N2O4/c1-6-7-15(8-11(17)19-5)13(18)12(9(2)3)14-10(4)16/h9,12H,6-8H2,1-5H3,(H,14,16). The summed E-state index contributed by atoms with van der Waals surface area (Å²) in [6, 6.07) is -0.617. The monoisotopic (exact) mass is 272 g/mol. The number of hydrogen-bond acceptors (Lipinski definition) is 4. The van der Waals surface area contributed by atoms with Crippen molar-refractivity contribution in [1.82, 2.24) is 10.2 Å². The summed E-state index contributed by atoms with van der Waals surface area (Å²) in [6.45, 7) is 7.34. The number of amides is 2.